The van der Waals surface area contributed by atoms with Crippen molar-refractivity contribution in [2.24, 2.45) is 0 Å². The summed E-state index contributed by atoms with van der Waals surface area (Å²) >= 11 is 0. The molecule has 3 aromatic carbocycles. The highest BCUT2D eigenvalue weighted by Crippen LogP contribution is 2.37. The molecule has 6 aromatic rings. The molecule has 0 bridgehead atoms. The van der Waals surface area contributed by atoms with Gasteiger partial charge < -0.3 is 0 Å². The molecule has 0 fully saturated rings. The van der Waals surface area contributed by atoms with E-state index in [1.54, 1.807) is 0 Å². The van der Waals surface area contributed by atoms with Gasteiger partial charge in [-0.25, -0.2) is 4.98 Å². The van der Waals surface area contributed by atoms with Gasteiger partial charge in [0.2, 0.25) is 0 Å². The minimum absolute atomic E-state index is 0.975. The van der Waals surface area contributed by atoms with E-state index in [2.05, 4.69) is 78.9 Å². The number of benzene rings is 3. The molecule has 6 rings (SSSR count). The maximum Gasteiger partial charge on any atom is 0.145 e. The van der Waals surface area contributed by atoms with Crippen molar-refractivity contribution in [2.75, 3.05) is 0 Å². The Hall–Kier alpha value is -3.72. The molecule has 0 aliphatic carbocycles. The van der Waals surface area contributed by atoms with Crippen LogP contribution >= 0.6 is 0 Å². The van der Waals surface area contributed by atoms with Gasteiger partial charge in [0.1, 0.15) is 5.65 Å². The number of para-hydroxylation sites is 1. The van der Waals surface area contributed by atoms with E-state index in [0.717, 1.165) is 27.8 Å². The summed E-state index contributed by atoms with van der Waals surface area (Å²) in [7, 11) is 0. The highest BCUT2D eigenvalue weighted by Gasteiger charge is 2.18. The normalized spacial score (nSPS) is 11.8. The number of aryl methyl sites for hydroxylation is 2. The maximum atomic E-state index is 4.87. The number of hydrogen-bond acceptors (Lipinski definition) is 2. The van der Waals surface area contributed by atoms with Gasteiger partial charge in [-0.1, -0.05) is 60.7 Å². The van der Waals surface area contributed by atoms with E-state index < -0.39 is 0 Å². The smallest absolute Gasteiger partial charge is 0.145 e. The summed E-state index contributed by atoms with van der Waals surface area (Å²) in [5, 5.41) is 4.77. The molecule has 3 nitrogen and oxygen atoms in total. The first kappa shape index (κ1) is 16.3. The first-order chi connectivity index (χ1) is 14.2. The topological polar surface area (TPSA) is 30.2 Å². The third kappa shape index (κ3) is 2.18. The van der Waals surface area contributed by atoms with Crippen LogP contribution in [0.3, 0.4) is 0 Å². The van der Waals surface area contributed by atoms with E-state index in [1.807, 2.05) is 18.5 Å². The van der Waals surface area contributed by atoms with E-state index >= 15 is 0 Å². The molecular formula is C26H19N3. The van der Waals surface area contributed by atoms with E-state index in [-0.39, 0.29) is 0 Å². The van der Waals surface area contributed by atoms with Crippen molar-refractivity contribution in [3.63, 3.8) is 0 Å². The zero-order valence-corrected chi connectivity index (χ0v) is 16.3. The Morgan fingerprint density at radius 3 is 2.14 bits per heavy atom. The summed E-state index contributed by atoms with van der Waals surface area (Å²) < 4.78 is 2.28. The highest BCUT2D eigenvalue weighted by atomic mass is 15.0. The summed E-state index contributed by atoms with van der Waals surface area (Å²) in [5.74, 6) is 0. The average Bonchev–Trinajstić information content (AvgIpc) is 3.18. The summed E-state index contributed by atoms with van der Waals surface area (Å²) in [4.78, 5) is 9.65. The van der Waals surface area contributed by atoms with Gasteiger partial charge in [-0.2, -0.15) is 0 Å². The minimum Gasteiger partial charge on any atom is -0.290 e. The highest BCUT2D eigenvalue weighted by molar-refractivity contribution is 6.21. The van der Waals surface area contributed by atoms with Crippen LogP contribution in [0.1, 0.15) is 11.1 Å². The van der Waals surface area contributed by atoms with Crippen LogP contribution in [-0.2, 0) is 0 Å². The number of pyridine rings is 2. The van der Waals surface area contributed by atoms with Gasteiger partial charge in [0.15, 0.2) is 0 Å². The molecule has 0 unspecified atom stereocenters. The third-order valence-corrected chi connectivity index (χ3v) is 5.93. The van der Waals surface area contributed by atoms with Crippen molar-refractivity contribution in [2.45, 2.75) is 13.8 Å². The Bertz CT molecular complexity index is 1550. The summed E-state index contributed by atoms with van der Waals surface area (Å²) in [6.45, 7) is 4.33. The Labute approximate surface area is 168 Å². The minimum atomic E-state index is 0.975. The van der Waals surface area contributed by atoms with Crippen LogP contribution in [0.4, 0.5) is 0 Å². The molecule has 0 atom stereocenters. The van der Waals surface area contributed by atoms with Crippen LogP contribution in [0, 0.1) is 13.8 Å². The number of nitrogens with zero attached hydrogens (tertiary/aromatic N) is 3. The van der Waals surface area contributed by atoms with Crippen LogP contribution in [0.25, 0.3) is 49.5 Å². The molecule has 0 amide bonds. The fourth-order valence-corrected chi connectivity index (χ4v) is 4.66. The van der Waals surface area contributed by atoms with Crippen molar-refractivity contribution >= 4 is 38.2 Å². The van der Waals surface area contributed by atoms with Crippen molar-refractivity contribution < 1.29 is 0 Å². The molecule has 0 saturated carbocycles. The summed E-state index contributed by atoms with van der Waals surface area (Å²) in [5.41, 5.74) is 7.94. The molecule has 3 heteroatoms. The van der Waals surface area contributed by atoms with Gasteiger partial charge in [-0.05, 0) is 36.4 Å². The molecule has 0 spiro atoms. The molecule has 0 radical (unpaired) electrons. The van der Waals surface area contributed by atoms with Gasteiger partial charge in [0, 0.05) is 21.7 Å². The summed E-state index contributed by atoms with van der Waals surface area (Å²) in [6.07, 6.45) is 4.00. The van der Waals surface area contributed by atoms with Gasteiger partial charge in [-0.3, -0.25) is 9.38 Å². The van der Waals surface area contributed by atoms with E-state index in [4.69, 9.17) is 9.97 Å². The predicted octanol–water partition coefficient (Wildman–Crippen LogP) is 6.47. The zero-order chi connectivity index (χ0) is 19.5. The molecule has 138 valence electrons. The van der Waals surface area contributed by atoms with E-state index in [9.17, 15) is 0 Å². The molecule has 0 saturated heterocycles. The van der Waals surface area contributed by atoms with Crippen molar-refractivity contribution in [3.05, 3.63) is 90.3 Å². The molecule has 0 N–H and O–H groups in total. The average molecular weight is 373 g/mol. The largest absolute Gasteiger partial charge is 0.290 e. The van der Waals surface area contributed by atoms with Crippen LogP contribution in [0.15, 0.2) is 79.1 Å². The van der Waals surface area contributed by atoms with Crippen molar-refractivity contribution in [1.82, 2.24) is 14.4 Å². The lowest BCUT2D eigenvalue weighted by Gasteiger charge is -2.14. The SMILES string of the molecule is Cc1cccc(C)c1-c1cnc2c3ccccc3c3c4ccccc4ncc3n12. The van der Waals surface area contributed by atoms with Gasteiger partial charge in [0.25, 0.3) is 0 Å². The number of fused-ring (bicyclic) bond motifs is 8. The number of imidazole rings is 1. The molecule has 0 aliphatic rings. The van der Waals surface area contributed by atoms with E-state index in [1.165, 1.54) is 32.8 Å². The lowest BCUT2D eigenvalue weighted by molar-refractivity contribution is 1.23. The fraction of sp³-hybridized carbons (Fsp3) is 0.0769. The van der Waals surface area contributed by atoms with Crippen LogP contribution in [0.5, 0.6) is 0 Å². The Morgan fingerprint density at radius 1 is 0.655 bits per heavy atom. The predicted molar refractivity (Wildman–Crippen MR) is 120 cm³/mol. The van der Waals surface area contributed by atoms with Crippen molar-refractivity contribution in [1.29, 1.82) is 0 Å². The van der Waals surface area contributed by atoms with Crippen LogP contribution in [-0.4, -0.2) is 14.4 Å². The molecular weight excluding hydrogens is 354 g/mol. The summed E-state index contributed by atoms with van der Waals surface area (Å²) in [6, 6.07) is 23.4. The van der Waals surface area contributed by atoms with Crippen molar-refractivity contribution in [3.8, 4) is 11.3 Å². The second kappa shape index (κ2) is 5.89. The lowest BCUT2D eigenvalue weighted by atomic mass is 9.99. The van der Waals surface area contributed by atoms with Gasteiger partial charge >= 0.3 is 0 Å². The second-order valence-electron chi connectivity index (χ2n) is 7.65. The monoisotopic (exact) mass is 373 g/mol. The number of aromatic nitrogens is 3. The van der Waals surface area contributed by atoms with Gasteiger partial charge in [0.05, 0.1) is 29.1 Å². The first-order valence-corrected chi connectivity index (χ1v) is 9.86. The Balaban J connectivity index is 1.92. The van der Waals surface area contributed by atoms with E-state index in [0.29, 0.717) is 0 Å². The maximum absolute atomic E-state index is 4.87. The third-order valence-electron chi connectivity index (χ3n) is 5.93. The Morgan fingerprint density at radius 2 is 1.34 bits per heavy atom. The zero-order valence-electron chi connectivity index (χ0n) is 16.3. The molecule has 3 aromatic heterocycles. The lowest BCUT2D eigenvalue weighted by Crippen LogP contribution is -1.97. The second-order valence-corrected chi connectivity index (χ2v) is 7.65. The fourth-order valence-electron chi connectivity index (χ4n) is 4.66. The molecule has 3 heterocycles. The number of hydrogen-bond donors (Lipinski definition) is 0. The quantitative estimate of drug-likeness (QED) is 0.309. The van der Waals surface area contributed by atoms with Gasteiger partial charge in [-0.15, -0.1) is 0 Å². The Kier molecular flexibility index (Phi) is 3.30. The van der Waals surface area contributed by atoms with Crippen LogP contribution < -0.4 is 0 Å². The molecule has 0 aliphatic heterocycles. The number of rotatable bonds is 1. The molecule has 29 heavy (non-hydrogen) atoms. The standard InChI is InChI=1S/C26H19N3/c1-16-8-7-9-17(2)24(16)22-15-28-26-19-11-4-3-10-18(19)25-20-12-5-6-13-21(20)27-14-23(25)29(22)26/h3-15H,1-2H3. The first-order valence-electron chi connectivity index (χ1n) is 9.86. The van der Waals surface area contributed by atoms with Crippen LogP contribution in [0.2, 0.25) is 0 Å².